The molecule has 0 radical (unpaired) electrons. The molecule has 0 spiro atoms. The van der Waals surface area contributed by atoms with E-state index in [2.05, 4.69) is 35.6 Å². The average Bonchev–Trinajstić information content (AvgIpc) is 3.72. The molecule has 2 unspecified atom stereocenters. The number of aliphatic imine (C=N–C) groups is 1. The maximum atomic E-state index is 15.8. The molecule has 3 aromatic heterocycles. The number of H-pyrrole nitrogens is 1. The van der Waals surface area contributed by atoms with Crippen molar-refractivity contribution < 1.29 is 55.5 Å². The molecule has 7 heterocycles. The Morgan fingerprint density at radius 3 is 2.53 bits per heavy atom. The zero-order chi connectivity index (χ0) is 31.8. The molecule has 3 saturated heterocycles. The third kappa shape index (κ3) is 5.44. The Balaban J connectivity index is 1.20. The molecule has 45 heavy (non-hydrogen) atoms. The van der Waals surface area contributed by atoms with Gasteiger partial charge in [0, 0.05) is 12.6 Å². The number of nitrogen functional groups attached to an aromatic ring is 1. The minimum Gasteiger partial charge on any atom is -0.369 e. The smallest absolute Gasteiger partial charge is 0.369 e. The van der Waals surface area contributed by atoms with Gasteiger partial charge in [0.05, 0.1) is 13.2 Å². The molecule has 4 aliphatic heterocycles. The topological polar surface area (TPSA) is 276 Å². The van der Waals surface area contributed by atoms with E-state index in [0.29, 0.717) is 0 Å². The Kier molecular flexibility index (Phi) is 7.52. The van der Waals surface area contributed by atoms with Gasteiger partial charge in [-0.3, -0.25) is 28.1 Å². The number of nitrogens with two attached hydrogens (primary N) is 1. The van der Waals surface area contributed by atoms with E-state index in [-0.39, 0.29) is 35.0 Å². The van der Waals surface area contributed by atoms with Crippen molar-refractivity contribution in [1.82, 2.24) is 40.0 Å². The van der Waals surface area contributed by atoms with Gasteiger partial charge < -0.3 is 29.5 Å². The number of phosphoric acid groups is 1. The van der Waals surface area contributed by atoms with Crippen LogP contribution in [-0.4, -0.2) is 112 Å². The number of Topliss-reactive ketones (excluding diaryl/α,β-unsaturated/α-hetero) is 1. The predicted octanol–water partition coefficient (Wildman–Crippen LogP) is -0.717. The fourth-order valence-corrected chi connectivity index (χ4v) is 7.46. The number of rotatable bonds is 2. The lowest BCUT2D eigenvalue weighted by atomic mass is 10.1. The van der Waals surface area contributed by atoms with Crippen molar-refractivity contribution in [2.45, 2.75) is 55.6 Å². The fraction of sp³-hybridized carbons (Fsp3) is 0.579. The van der Waals surface area contributed by atoms with Gasteiger partial charge in [-0.1, -0.05) is 10.4 Å². The number of ketones is 1. The summed E-state index contributed by atoms with van der Waals surface area (Å²) in [5, 5.41) is 14.9. The summed E-state index contributed by atoms with van der Waals surface area (Å²) in [4.78, 5) is 56.0. The van der Waals surface area contributed by atoms with Crippen LogP contribution in [0.3, 0.4) is 0 Å². The first-order valence-corrected chi connectivity index (χ1v) is 16.9. The van der Waals surface area contributed by atoms with E-state index in [1.807, 2.05) is 0 Å². The highest BCUT2D eigenvalue weighted by molar-refractivity contribution is 8.07. The van der Waals surface area contributed by atoms with Crippen LogP contribution in [0, 0.1) is 0 Å². The summed E-state index contributed by atoms with van der Waals surface area (Å²) < 4.78 is 78.4. The second-order valence-electron chi connectivity index (χ2n) is 9.99. The summed E-state index contributed by atoms with van der Waals surface area (Å²) in [7, 11) is -5.20. The quantitative estimate of drug-likeness (QED) is 0.241. The fourth-order valence-electron chi connectivity index (χ4n) is 5.09. The van der Waals surface area contributed by atoms with Crippen molar-refractivity contribution in [2.75, 3.05) is 18.9 Å². The first-order valence-electron chi connectivity index (χ1n) is 12.8. The van der Waals surface area contributed by atoms with Crippen LogP contribution in [0.2, 0.25) is 0 Å². The minimum atomic E-state index is -5.20. The number of phosphoric ester groups is 1. The Morgan fingerprint density at radius 2 is 1.73 bits per heavy atom. The molecule has 5 N–H and O–H groups in total. The maximum absolute atomic E-state index is 15.8. The third-order valence-electron chi connectivity index (χ3n) is 7.10. The molecule has 10 atom stereocenters. The molecule has 3 aromatic rings. The lowest BCUT2D eigenvalue weighted by Crippen LogP contribution is -2.34. The van der Waals surface area contributed by atoms with E-state index < -0.39 is 88.3 Å². The number of aromatic amines is 1. The van der Waals surface area contributed by atoms with Gasteiger partial charge in [-0.15, -0.1) is 10.2 Å². The summed E-state index contributed by atoms with van der Waals surface area (Å²) in [6.07, 6.45) is -13.6. The standard InChI is InChI=1S/C19H20F2N10O11P2S/c20-8-6-3-37-43(34,35)41-12-7(40-17(9(12)21)30-14-10(26-28-30)5(32)1-2-23-14)4-38-44(36,45)42-13(8)18(39-6)31-15-11(27-29-31)16(33)25-19(22)24-15/h2,6-9,12-13,17-18H,1,3-4H2,(H,34,35)(H,36,45)(H3,22,24,25,33)/t6-,7-,8-,9+,12-,13-,17-,18-,44?/m1/s1. The number of carbonyl (C=O) groups excluding carboxylic acids is 1. The van der Waals surface area contributed by atoms with Crippen molar-refractivity contribution in [3.05, 3.63) is 16.0 Å². The molecule has 4 aliphatic rings. The van der Waals surface area contributed by atoms with Gasteiger partial charge in [0.15, 0.2) is 53.3 Å². The normalized spacial score (nSPS) is 38.8. The van der Waals surface area contributed by atoms with Crippen LogP contribution in [0.15, 0.2) is 9.79 Å². The largest absolute Gasteiger partial charge is 0.472 e. The number of alkyl halides is 2. The van der Waals surface area contributed by atoms with E-state index in [4.69, 9.17) is 45.1 Å². The second-order valence-corrected chi connectivity index (χ2v) is 14.2. The zero-order valence-electron chi connectivity index (χ0n) is 22.1. The molecular formula is C19H20F2N10O11P2S. The van der Waals surface area contributed by atoms with Crippen LogP contribution >= 0.6 is 14.5 Å². The highest BCUT2D eigenvalue weighted by atomic mass is 32.5. The van der Waals surface area contributed by atoms with Crippen molar-refractivity contribution in [2.24, 2.45) is 4.99 Å². The van der Waals surface area contributed by atoms with Gasteiger partial charge >= 0.3 is 14.5 Å². The summed E-state index contributed by atoms with van der Waals surface area (Å²) in [5.41, 5.74) is 4.15. The summed E-state index contributed by atoms with van der Waals surface area (Å²) in [5.74, 6) is -0.889. The van der Waals surface area contributed by atoms with Gasteiger partial charge in [0.2, 0.25) is 5.95 Å². The Bertz CT molecular complexity index is 1880. The summed E-state index contributed by atoms with van der Waals surface area (Å²) in [6.45, 7) is -6.23. The first kappa shape index (κ1) is 30.6. The molecule has 21 nitrogen and oxygen atoms in total. The zero-order valence-corrected chi connectivity index (χ0v) is 24.7. The number of fused-ring (bicyclic) bond motifs is 5. The average molecular weight is 696 g/mol. The Labute approximate surface area is 252 Å². The van der Waals surface area contributed by atoms with Crippen molar-refractivity contribution in [3.8, 4) is 0 Å². The lowest BCUT2D eigenvalue weighted by molar-refractivity contribution is -0.0682. The second kappa shape index (κ2) is 11.1. The van der Waals surface area contributed by atoms with Crippen LogP contribution in [0.1, 0.15) is 29.4 Å². The molecule has 242 valence electrons. The highest BCUT2D eigenvalue weighted by Gasteiger charge is 2.55. The summed E-state index contributed by atoms with van der Waals surface area (Å²) in [6, 6.07) is 0. The minimum absolute atomic E-state index is 0.0487. The van der Waals surface area contributed by atoms with E-state index >= 15 is 8.78 Å². The van der Waals surface area contributed by atoms with Crippen LogP contribution in [0.5, 0.6) is 0 Å². The molecule has 0 saturated carbocycles. The van der Waals surface area contributed by atoms with Crippen LogP contribution in [0.4, 0.5) is 20.5 Å². The highest BCUT2D eigenvalue weighted by Crippen LogP contribution is 2.54. The van der Waals surface area contributed by atoms with Gasteiger partial charge in [-0.05, 0) is 11.8 Å². The third-order valence-corrected chi connectivity index (χ3v) is 9.65. The van der Waals surface area contributed by atoms with Gasteiger partial charge in [-0.2, -0.15) is 14.3 Å². The monoisotopic (exact) mass is 696 g/mol. The van der Waals surface area contributed by atoms with E-state index in [9.17, 15) is 23.9 Å². The predicted molar refractivity (Wildman–Crippen MR) is 143 cm³/mol. The first-order chi connectivity index (χ1) is 21.3. The SMILES string of the molecule is Nc1nc2c(nnn2[C@@H]2O[C@@H]3COP(=O)(O)O[C@H]4[C@H](F)[C@H](n5nnc6c5N=CCC6=O)O[C@@H]4COP(O)(=S)O[C@@H]2[C@@H]3F)c(=O)[nH]1. The lowest BCUT2D eigenvalue weighted by Gasteiger charge is -2.26. The Morgan fingerprint density at radius 1 is 1.00 bits per heavy atom. The number of anilines is 1. The number of nitrogens with zero attached hydrogens (tertiary/aromatic N) is 8. The van der Waals surface area contributed by atoms with Crippen molar-refractivity contribution in [3.63, 3.8) is 0 Å². The molecule has 2 bridgehead atoms. The molecule has 0 amide bonds. The van der Waals surface area contributed by atoms with Crippen LogP contribution in [0.25, 0.3) is 11.2 Å². The molecule has 7 rings (SSSR count). The van der Waals surface area contributed by atoms with E-state index in [1.54, 1.807) is 0 Å². The van der Waals surface area contributed by atoms with Gasteiger partial charge in [0.1, 0.15) is 24.4 Å². The van der Waals surface area contributed by atoms with Gasteiger partial charge in [-0.25, -0.2) is 18.3 Å². The van der Waals surface area contributed by atoms with E-state index in [0.717, 1.165) is 9.36 Å². The number of hydrogen-bond donors (Lipinski definition) is 4. The molecule has 26 heteroatoms. The number of carbonyl (C=O) groups is 1. The molecule has 3 fully saturated rings. The number of halogens is 2. The maximum Gasteiger partial charge on any atom is 0.472 e. The molecule has 0 aliphatic carbocycles. The van der Waals surface area contributed by atoms with Crippen molar-refractivity contribution in [1.29, 1.82) is 0 Å². The van der Waals surface area contributed by atoms with E-state index in [1.165, 1.54) is 6.21 Å². The molecular weight excluding hydrogens is 676 g/mol. The number of nitrogens with one attached hydrogen (secondary N) is 1. The van der Waals surface area contributed by atoms with Crippen LogP contribution in [-0.2, 0) is 43.9 Å². The number of hydrogen-bond acceptors (Lipinski definition) is 17. The summed E-state index contributed by atoms with van der Waals surface area (Å²) >= 11 is 5.08. The molecule has 0 aromatic carbocycles. The van der Waals surface area contributed by atoms with Crippen molar-refractivity contribution >= 4 is 61.3 Å². The Hall–Kier alpha value is -3.02. The number of ether oxygens (including phenoxy) is 2. The van der Waals surface area contributed by atoms with Gasteiger partial charge in [0.25, 0.3) is 5.56 Å². The number of aromatic nitrogens is 8. The van der Waals surface area contributed by atoms with Crippen LogP contribution < -0.4 is 11.3 Å².